The Balaban J connectivity index is 2.34. The van der Waals surface area contributed by atoms with Gasteiger partial charge in [-0.15, -0.1) is 0 Å². The van der Waals surface area contributed by atoms with Crippen LogP contribution in [0.2, 0.25) is 0 Å². The zero-order chi connectivity index (χ0) is 14.7. The Morgan fingerprint density at radius 1 is 1.25 bits per heavy atom. The third-order valence-corrected chi connectivity index (χ3v) is 2.96. The lowest BCUT2D eigenvalue weighted by atomic mass is 10.3. The summed E-state index contributed by atoms with van der Waals surface area (Å²) in [6, 6.07) is 1.77. The average molecular weight is 281 g/mol. The highest BCUT2D eigenvalue weighted by Crippen LogP contribution is 2.28. The minimum atomic E-state index is -2.59. The van der Waals surface area contributed by atoms with Crippen LogP contribution in [0.4, 0.5) is 20.3 Å². The van der Waals surface area contributed by atoms with Crippen LogP contribution in [0, 0.1) is 0 Å². The molecule has 0 fully saturated rings. The number of halogens is 2. The van der Waals surface area contributed by atoms with E-state index >= 15 is 0 Å². The van der Waals surface area contributed by atoms with E-state index < -0.39 is 6.43 Å². The molecule has 0 saturated heterocycles. The first kappa shape index (κ1) is 14.4. The molecule has 0 bridgehead atoms. The quantitative estimate of drug-likeness (QED) is 0.915. The van der Waals surface area contributed by atoms with E-state index in [2.05, 4.69) is 20.4 Å². The van der Waals surface area contributed by atoms with Gasteiger partial charge >= 0.3 is 0 Å². The number of nitrogens with zero attached hydrogens (tertiary/aromatic N) is 4. The van der Waals surface area contributed by atoms with E-state index in [1.165, 1.54) is 13.2 Å². The highest BCUT2D eigenvalue weighted by Gasteiger charge is 2.18. The number of hydrogen-bond acceptors (Lipinski definition) is 4. The van der Waals surface area contributed by atoms with Crippen LogP contribution in [-0.4, -0.2) is 19.7 Å². The van der Waals surface area contributed by atoms with E-state index in [0.717, 1.165) is 16.8 Å². The van der Waals surface area contributed by atoms with Gasteiger partial charge < -0.3 is 5.32 Å². The second kappa shape index (κ2) is 5.94. The predicted molar refractivity (Wildman–Crippen MR) is 72.2 cm³/mol. The van der Waals surface area contributed by atoms with Gasteiger partial charge in [0.2, 0.25) is 0 Å². The lowest BCUT2D eigenvalue weighted by Gasteiger charge is -2.09. The van der Waals surface area contributed by atoms with Crippen molar-refractivity contribution in [3.63, 3.8) is 0 Å². The van der Waals surface area contributed by atoms with Crippen molar-refractivity contribution < 1.29 is 8.78 Å². The van der Waals surface area contributed by atoms with Gasteiger partial charge in [0.1, 0.15) is 17.3 Å². The Morgan fingerprint density at radius 2 is 2.00 bits per heavy atom. The molecule has 0 saturated carbocycles. The summed E-state index contributed by atoms with van der Waals surface area (Å²) in [6.07, 6.45) is 0.236. The van der Waals surface area contributed by atoms with Gasteiger partial charge in [-0.2, -0.15) is 5.10 Å². The van der Waals surface area contributed by atoms with Gasteiger partial charge in [0.25, 0.3) is 6.43 Å². The van der Waals surface area contributed by atoms with E-state index in [4.69, 9.17) is 0 Å². The van der Waals surface area contributed by atoms with Crippen molar-refractivity contribution >= 4 is 11.5 Å². The summed E-state index contributed by atoms with van der Waals surface area (Å²) < 4.78 is 27.1. The van der Waals surface area contributed by atoms with Crippen LogP contribution in [-0.2, 0) is 19.9 Å². The highest BCUT2D eigenvalue weighted by molar-refractivity contribution is 5.58. The fourth-order valence-corrected chi connectivity index (χ4v) is 1.90. The van der Waals surface area contributed by atoms with Gasteiger partial charge in [-0.1, -0.05) is 13.8 Å². The molecule has 2 heterocycles. The van der Waals surface area contributed by atoms with Crippen LogP contribution in [0.1, 0.15) is 37.5 Å². The Kier molecular flexibility index (Phi) is 4.26. The minimum Gasteiger partial charge on any atom is -0.337 e. The third kappa shape index (κ3) is 2.92. The molecular formula is C13H17F2N5. The van der Waals surface area contributed by atoms with Crippen molar-refractivity contribution in [2.24, 2.45) is 7.05 Å². The van der Waals surface area contributed by atoms with E-state index in [9.17, 15) is 8.78 Å². The van der Waals surface area contributed by atoms with Crippen LogP contribution in [0.5, 0.6) is 0 Å². The summed E-state index contributed by atoms with van der Waals surface area (Å²) in [5.41, 5.74) is 0.992. The molecule has 0 aliphatic heterocycles. The van der Waals surface area contributed by atoms with Crippen LogP contribution >= 0.6 is 0 Å². The van der Waals surface area contributed by atoms with Gasteiger partial charge in [-0.3, -0.25) is 4.68 Å². The molecule has 7 heteroatoms. The molecule has 0 atom stereocenters. The molecule has 0 aliphatic carbocycles. The lowest BCUT2D eigenvalue weighted by Crippen LogP contribution is -2.05. The molecule has 0 spiro atoms. The number of nitrogens with one attached hydrogen (secondary N) is 1. The zero-order valence-corrected chi connectivity index (χ0v) is 11.7. The van der Waals surface area contributed by atoms with Crippen molar-refractivity contribution in [2.45, 2.75) is 33.1 Å². The van der Waals surface area contributed by atoms with E-state index in [-0.39, 0.29) is 11.4 Å². The number of hydrogen-bond donors (Lipinski definition) is 1. The van der Waals surface area contributed by atoms with Crippen LogP contribution in [0.25, 0.3) is 0 Å². The highest BCUT2D eigenvalue weighted by atomic mass is 19.3. The molecule has 0 radical (unpaired) electrons. The molecule has 0 unspecified atom stereocenters. The molecule has 108 valence electrons. The van der Waals surface area contributed by atoms with Gasteiger partial charge in [0, 0.05) is 25.2 Å². The molecule has 20 heavy (non-hydrogen) atoms. The van der Waals surface area contributed by atoms with E-state index in [1.807, 2.05) is 13.8 Å². The summed E-state index contributed by atoms with van der Waals surface area (Å²) in [4.78, 5) is 8.66. The largest absolute Gasteiger partial charge is 0.337 e. The summed E-state index contributed by atoms with van der Waals surface area (Å²) in [6.45, 7) is 3.94. The topological polar surface area (TPSA) is 55.6 Å². The molecule has 0 amide bonds. The monoisotopic (exact) mass is 281 g/mol. The van der Waals surface area contributed by atoms with Gasteiger partial charge in [0.15, 0.2) is 0 Å². The van der Waals surface area contributed by atoms with Crippen molar-refractivity contribution in [3.05, 3.63) is 29.5 Å². The maximum Gasteiger partial charge on any atom is 0.282 e. The van der Waals surface area contributed by atoms with Gasteiger partial charge in [-0.05, 0) is 6.42 Å². The molecule has 2 rings (SSSR count). The Labute approximate surface area is 116 Å². The molecule has 0 aliphatic rings. The Morgan fingerprint density at radius 3 is 2.60 bits per heavy atom. The van der Waals surface area contributed by atoms with Crippen LogP contribution in [0.3, 0.4) is 0 Å². The first-order chi connectivity index (χ1) is 9.55. The summed E-state index contributed by atoms with van der Waals surface area (Å²) in [5, 5.41) is 6.76. The Bertz CT molecular complexity index is 572. The SMILES string of the molecule is CCc1cc(Nc2cnn(C)c2C(F)F)nc(CC)n1. The first-order valence-electron chi connectivity index (χ1n) is 6.49. The number of aromatic nitrogens is 4. The maximum absolute atomic E-state index is 13.0. The molecular weight excluding hydrogens is 264 g/mol. The lowest BCUT2D eigenvalue weighted by molar-refractivity contribution is 0.141. The number of aryl methyl sites for hydroxylation is 3. The standard InChI is InChI=1S/C13H17F2N5/c1-4-8-6-11(19-10(5-2)17-8)18-9-7-16-20(3)12(9)13(14)15/h6-7,13H,4-5H2,1-3H3,(H,17,18,19). The Hall–Kier alpha value is -2.05. The van der Waals surface area contributed by atoms with Crippen molar-refractivity contribution in [2.75, 3.05) is 5.32 Å². The van der Waals surface area contributed by atoms with Crippen molar-refractivity contribution in [1.29, 1.82) is 0 Å². The fraction of sp³-hybridized carbons (Fsp3) is 0.462. The predicted octanol–water partition coefficient (Wildman–Crippen LogP) is 3.02. The number of anilines is 2. The third-order valence-electron chi connectivity index (χ3n) is 2.96. The fourth-order valence-electron chi connectivity index (χ4n) is 1.90. The van der Waals surface area contributed by atoms with Crippen LogP contribution in [0.15, 0.2) is 12.3 Å². The van der Waals surface area contributed by atoms with Crippen molar-refractivity contribution in [1.82, 2.24) is 19.7 Å². The van der Waals surface area contributed by atoms with E-state index in [0.29, 0.717) is 18.1 Å². The molecule has 1 N–H and O–H groups in total. The maximum atomic E-state index is 13.0. The second-order valence-corrected chi connectivity index (χ2v) is 4.36. The minimum absolute atomic E-state index is 0.153. The number of rotatable bonds is 5. The van der Waals surface area contributed by atoms with Gasteiger partial charge in [0.05, 0.1) is 11.9 Å². The zero-order valence-electron chi connectivity index (χ0n) is 11.7. The normalized spacial score (nSPS) is 11.1. The average Bonchev–Trinajstić information content (AvgIpc) is 2.79. The van der Waals surface area contributed by atoms with Crippen molar-refractivity contribution in [3.8, 4) is 0 Å². The summed E-state index contributed by atoms with van der Waals surface area (Å²) in [5.74, 6) is 1.21. The smallest absolute Gasteiger partial charge is 0.282 e. The molecule has 5 nitrogen and oxygen atoms in total. The summed E-state index contributed by atoms with van der Waals surface area (Å²) in [7, 11) is 1.49. The second-order valence-electron chi connectivity index (χ2n) is 4.36. The first-order valence-corrected chi connectivity index (χ1v) is 6.49. The number of alkyl halides is 2. The molecule has 0 aromatic carbocycles. The molecule has 2 aromatic rings. The van der Waals surface area contributed by atoms with E-state index in [1.54, 1.807) is 6.07 Å². The van der Waals surface area contributed by atoms with Gasteiger partial charge in [-0.25, -0.2) is 18.7 Å². The van der Waals surface area contributed by atoms with Crippen LogP contribution < -0.4 is 5.32 Å². The summed E-state index contributed by atoms with van der Waals surface area (Å²) >= 11 is 0. The molecule has 2 aromatic heterocycles.